The van der Waals surface area contributed by atoms with Crippen molar-refractivity contribution in [2.75, 3.05) is 20.2 Å². The van der Waals surface area contributed by atoms with Gasteiger partial charge in [-0.3, -0.25) is 4.79 Å². The molecule has 0 saturated carbocycles. The SMILES string of the molecule is COc1ccccc1[C@@H](C)NCC(=O)NCCC1=CCCCC1. The monoisotopic (exact) mass is 316 g/mol. The molecule has 1 aromatic carbocycles. The zero-order chi connectivity index (χ0) is 16.5. The van der Waals surface area contributed by atoms with E-state index in [2.05, 4.69) is 16.7 Å². The van der Waals surface area contributed by atoms with Crippen molar-refractivity contribution in [1.29, 1.82) is 0 Å². The van der Waals surface area contributed by atoms with Gasteiger partial charge in [-0.25, -0.2) is 0 Å². The lowest BCUT2D eigenvalue weighted by Crippen LogP contribution is -2.35. The first-order valence-electron chi connectivity index (χ1n) is 8.51. The van der Waals surface area contributed by atoms with Crippen LogP contribution in [0.1, 0.15) is 50.6 Å². The van der Waals surface area contributed by atoms with Crippen molar-refractivity contribution >= 4 is 5.91 Å². The van der Waals surface area contributed by atoms with Crippen molar-refractivity contribution in [3.8, 4) is 5.75 Å². The quantitative estimate of drug-likeness (QED) is 0.723. The van der Waals surface area contributed by atoms with Crippen LogP contribution in [0.5, 0.6) is 5.75 Å². The summed E-state index contributed by atoms with van der Waals surface area (Å²) >= 11 is 0. The van der Waals surface area contributed by atoms with E-state index in [1.54, 1.807) is 7.11 Å². The predicted molar refractivity (Wildman–Crippen MR) is 93.6 cm³/mol. The Bertz CT molecular complexity index is 540. The lowest BCUT2D eigenvalue weighted by Gasteiger charge is -2.17. The van der Waals surface area contributed by atoms with Crippen molar-refractivity contribution in [3.63, 3.8) is 0 Å². The summed E-state index contributed by atoms with van der Waals surface area (Å²) in [5.74, 6) is 0.889. The average Bonchev–Trinajstić information content (AvgIpc) is 2.60. The number of hydrogen-bond donors (Lipinski definition) is 2. The van der Waals surface area contributed by atoms with Gasteiger partial charge in [0.1, 0.15) is 5.75 Å². The second-order valence-electron chi connectivity index (χ2n) is 6.05. The van der Waals surface area contributed by atoms with Gasteiger partial charge >= 0.3 is 0 Å². The zero-order valence-electron chi connectivity index (χ0n) is 14.2. The summed E-state index contributed by atoms with van der Waals surface area (Å²) in [5, 5.41) is 6.25. The topological polar surface area (TPSA) is 50.4 Å². The molecule has 0 unspecified atom stereocenters. The Balaban J connectivity index is 1.70. The highest BCUT2D eigenvalue weighted by Gasteiger charge is 2.12. The number of para-hydroxylation sites is 1. The zero-order valence-corrected chi connectivity index (χ0v) is 14.2. The Hall–Kier alpha value is -1.81. The van der Waals surface area contributed by atoms with E-state index in [1.807, 2.05) is 31.2 Å². The number of benzene rings is 1. The summed E-state index contributed by atoms with van der Waals surface area (Å²) in [6, 6.07) is 7.95. The van der Waals surface area contributed by atoms with Gasteiger partial charge in [-0.2, -0.15) is 0 Å². The highest BCUT2D eigenvalue weighted by atomic mass is 16.5. The molecule has 1 aromatic rings. The number of carbonyl (C=O) groups excluding carboxylic acids is 1. The van der Waals surface area contributed by atoms with Gasteiger partial charge < -0.3 is 15.4 Å². The first kappa shape index (κ1) is 17.5. The fourth-order valence-corrected chi connectivity index (χ4v) is 2.94. The molecule has 0 saturated heterocycles. The maximum absolute atomic E-state index is 12.0. The molecular weight excluding hydrogens is 288 g/mol. The van der Waals surface area contributed by atoms with Gasteiger partial charge in [0.25, 0.3) is 0 Å². The van der Waals surface area contributed by atoms with Crippen LogP contribution in [0, 0.1) is 0 Å². The Labute approximate surface area is 139 Å². The van der Waals surface area contributed by atoms with E-state index in [9.17, 15) is 4.79 Å². The molecule has 0 heterocycles. The van der Waals surface area contributed by atoms with Crippen molar-refractivity contribution in [2.45, 2.75) is 45.1 Å². The summed E-state index contributed by atoms with van der Waals surface area (Å²) in [6.07, 6.45) is 8.30. The number of allylic oxidation sites excluding steroid dienone is 1. The molecule has 126 valence electrons. The van der Waals surface area contributed by atoms with E-state index in [0.29, 0.717) is 6.54 Å². The average molecular weight is 316 g/mol. The smallest absolute Gasteiger partial charge is 0.233 e. The molecule has 1 atom stereocenters. The number of amides is 1. The lowest BCUT2D eigenvalue weighted by atomic mass is 9.97. The van der Waals surface area contributed by atoms with Crippen LogP contribution >= 0.6 is 0 Å². The van der Waals surface area contributed by atoms with E-state index < -0.39 is 0 Å². The maximum Gasteiger partial charge on any atom is 0.233 e. The third kappa shape index (κ3) is 5.71. The van der Waals surface area contributed by atoms with Crippen LogP contribution in [0.3, 0.4) is 0 Å². The number of rotatable bonds is 8. The van der Waals surface area contributed by atoms with Crippen molar-refractivity contribution < 1.29 is 9.53 Å². The van der Waals surface area contributed by atoms with Gasteiger partial charge in [0.05, 0.1) is 13.7 Å². The molecule has 0 radical (unpaired) electrons. The van der Waals surface area contributed by atoms with Crippen LogP contribution in [0.25, 0.3) is 0 Å². The molecule has 4 heteroatoms. The molecule has 2 rings (SSSR count). The second kappa shape index (κ2) is 9.36. The first-order chi connectivity index (χ1) is 11.2. The minimum Gasteiger partial charge on any atom is -0.496 e. The number of hydrogen-bond acceptors (Lipinski definition) is 3. The number of carbonyl (C=O) groups is 1. The van der Waals surface area contributed by atoms with Gasteiger partial charge in [-0.1, -0.05) is 29.8 Å². The lowest BCUT2D eigenvalue weighted by molar-refractivity contribution is -0.120. The van der Waals surface area contributed by atoms with Gasteiger partial charge in [0.15, 0.2) is 0 Å². The Morgan fingerprint density at radius 3 is 2.87 bits per heavy atom. The molecule has 4 nitrogen and oxygen atoms in total. The minimum atomic E-state index is 0.0446. The van der Waals surface area contributed by atoms with Crippen LogP contribution in [0.2, 0.25) is 0 Å². The molecule has 2 N–H and O–H groups in total. The molecule has 0 aliphatic heterocycles. The molecule has 0 fully saturated rings. The normalized spacial score (nSPS) is 15.7. The molecular formula is C19H28N2O2. The molecule has 1 amide bonds. The predicted octanol–water partition coefficient (Wildman–Crippen LogP) is 3.35. The largest absolute Gasteiger partial charge is 0.496 e. The van der Waals surface area contributed by atoms with E-state index in [1.165, 1.54) is 31.3 Å². The van der Waals surface area contributed by atoms with Crippen molar-refractivity contribution in [3.05, 3.63) is 41.5 Å². The number of ether oxygens (including phenoxy) is 1. The van der Waals surface area contributed by atoms with E-state index in [0.717, 1.165) is 24.3 Å². The Morgan fingerprint density at radius 1 is 1.30 bits per heavy atom. The molecule has 1 aliphatic carbocycles. The summed E-state index contributed by atoms with van der Waals surface area (Å²) in [4.78, 5) is 12.0. The van der Waals surface area contributed by atoms with E-state index in [4.69, 9.17) is 4.74 Å². The third-order valence-electron chi connectivity index (χ3n) is 4.33. The standard InChI is InChI=1S/C19H28N2O2/c1-15(17-10-6-7-11-18(17)23-2)21-14-19(22)20-13-12-16-8-4-3-5-9-16/h6-8,10-11,15,21H,3-5,9,12-14H2,1-2H3,(H,20,22)/t15-/m1/s1. The summed E-state index contributed by atoms with van der Waals surface area (Å²) in [6.45, 7) is 3.09. The van der Waals surface area contributed by atoms with Crippen LogP contribution in [-0.2, 0) is 4.79 Å². The van der Waals surface area contributed by atoms with Gasteiger partial charge in [-0.05, 0) is 45.1 Å². The van der Waals surface area contributed by atoms with Gasteiger partial charge in [-0.15, -0.1) is 0 Å². The second-order valence-corrected chi connectivity index (χ2v) is 6.05. The summed E-state index contributed by atoms with van der Waals surface area (Å²) < 4.78 is 5.36. The van der Waals surface area contributed by atoms with Crippen LogP contribution < -0.4 is 15.4 Å². The molecule has 0 spiro atoms. The molecule has 1 aliphatic rings. The fourth-order valence-electron chi connectivity index (χ4n) is 2.94. The van der Waals surface area contributed by atoms with Crippen LogP contribution in [0.15, 0.2) is 35.9 Å². The van der Waals surface area contributed by atoms with Crippen LogP contribution in [-0.4, -0.2) is 26.1 Å². The minimum absolute atomic E-state index is 0.0446. The molecule has 0 aromatic heterocycles. The van der Waals surface area contributed by atoms with Crippen molar-refractivity contribution in [2.24, 2.45) is 0 Å². The Morgan fingerprint density at radius 2 is 2.13 bits per heavy atom. The third-order valence-corrected chi connectivity index (χ3v) is 4.33. The van der Waals surface area contributed by atoms with E-state index in [-0.39, 0.29) is 11.9 Å². The fraction of sp³-hybridized carbons (Fsp3) is 0.526. The number of methoxy groups -OCH3 is 1. The summed E-state index contributed by atoms with van der Waals surface area (Å²) in [5.41, 5.74) is 2.56. The number of nitrogens with one attached hydrogen (secondary N) is 2. The van der Waals surface area contributed by atoms with Gasteiger partial charge in [0.2, 0.25) is 5.91 Å². The highest BCUT2D eigenvalue weighted by Crippen LogP contribution is 2.24. The summed E-state index contributed by atoms with van der Waals surface area (Å²) in [7, 11) is 1.66. The maximum atomic E-state index is 12.0. The molecule has 23 heavy (non-hydrogen) atoms. The van der Waals surface area contributed by atoms with Crippen LogP contribution in [0.4, 0.5) is 0 Å². The Kier molecular flexibility index (Phi) is 7.14. The van der Waals surface area contributed by atoms with Crippen molar-refractivity contribution in [1.82, 2.24) is 10.6 Å². The highest BCUT2D eigenvalue weighted by molar-refractivity contribution is 5.78. The van der Waals surface area contributed by atoms with Gasteiger partial charge in [0, 0.05) is 18.2 Å². The first-order valence-corrected chi connectivity index (χ1v) is 8.51. The van der Waals surface area contributed by atoms with E-state index >= 15 is 0 Å². The molecule has 0 bridgehead atoms.